The van der Waals surface area contributed by atoms with Gasteiger partial charge >= 0.3 is 5.97 Å². The molecule has 0 aromatic heterocycles. The van der Waals surface area contributed by atoms with E-state index in [4.69, 9.17) is 0 Å². The maximum Gasteiger partial charge on any atom is 0.334 e. The number of alkyl halides is 1. The molecule has 0 spiro atoms. The highest BCUT2D eigenvalue weighted by Gasteiger charge is 2.08. The Bertz CT molecular complexity index is 383. The molecule has 0 bridgehead atoms. The monoisotopic (exact) mass is 268 g/mol. The third-order valence-electron chi connectivity index (χ3n) is 2.11. The standard InChI is InChI=1S/C12H13BrO2/c1-9-5-3-4-6-10(9)7-11(8-13)12(14)15-2/h3-7H,8H2,1-2H3/b11-7+. The lowest BCUT2D eigenvalue weighted by atomic mass is 10.1. The average molecular weight is 269 g/mol. The number of methoxy groups -OCH3 is 1. The number of benzene rings is 1. The maximum atomic E-state index is 11.3. The van der Waals surface area contributed by atoms with Crippen molar-refractivity contribution >= 4 is 28.0 Å². The van der Waals surface area contributed by atoms with Crippen molar-refractivity contribution in [3.8, 4) is 0 Å². The van der Waals surface area contributed by atoms with Crippen molar-refractivity contribution in [3.05, 3.63) is 41.0 Å². The number of carbonyl (C=O) groups is 1. The molecule has 15 heavy (non-hydrogen) atoms. The van der Waals surface area contributed by atoms with Crippen LogP contribution in [0.4, 0.5) is 0 Å². The second kappa shape index (κ2) is 5.71. The van der Waals surface area contributed by atoms with Crippen molar-refractivity contribution in [1.82, 2.24) is 0 Å². The molecule has 0 N–H and O–H groups in total. The van der Waals surface area contributed by atoms with Crippen LogP contribution in [0.1, 0.15) is 11.1 Å². The molecule has 0 atom stereocenters. The Morgan fingerprint density at radius 3 is 2.67 bits per heavy atom. The molecule has 0 aliphatic rings. The summed E-state index contributed by atoms with van der Waals surface area (Å²) in [7, 11) is 1.39. The summed E-state index contributed by atoms with van der Waals surface area (Å²) in [6.45, 7) is 2.01. The van der Waals surface area contributed by atoms with Crippen LogP contribution in [0.5, 0.6) is 0 Å². The SMILES string of the molecule is COC(=O)/C(=C/c1ccccc1C)CBr. The van der Waals surface area contributed by atoms with Crippen LogP contribution in [-0.2, 0) is 9.53 Å². The zero-order valence-electron chi connectivity index (χ0n) is 8.79. The molecule has 0 unspecified atom stereocenters. The molecule has 0 fully saturated rings. The lowest BCUT2D eigenvalue weighted by Crippen LogP contribution is -2.05. The summed E-state index contributed by atoms with van der Waals surface area (Å²) in [6, 6.07) is 7.90. The molecule has 0 saturated carbocycles. The fraction of sp³-hybridized carbons (Fsp3) is 0.250. The average Bonchev–Trinajstić information content (AvgIpc) is 2.27. The van der Waals surface area contributed by atoms with Crippen LogP contribution in [0, 0.1) is 6.92 Å². The first-order valence-electron chi connectivity index (χ1n) is 4.59. The maximum absolute atomic E-state index is 11.3. The van der Waals surface area contributed by atoms with E-state index < -0.39 is 0 Å². The van der Waals surface area contributed by atoms with Gasteiger partial charge in [0.25, 0.3) is 0 Å². The van der Waals surface area contributed by atoms with E-state index in [-0.39, 0.29) is 5.97 Å². The first kappa shape index (κ1) is 12.0. The molecule has 1 aromatic carbocycles. The summed E-state index contributed by atoms with van der Waals surface area (Å²) in [5.74, 6) is -0.296. The van der Waals surface area contributed by atoms with E-state index in [0.717, 1.165) is 11.1 Å². The Labute approximate surface area is 98.1 Å². The third-order valence-corrected chi connectivity index (χ3v) is 2.71. The predicted molar refractivity (Wildman–Crippen MR) is 65.0 cm³/mol. The third kappa shape index (κ3) is 3.20. The first-order valence-corrected chi connectivity index (χ1v) is 5.71. The minimum absolute atomic E-state index is 0.296. The van der Waals surface area contributed by atoms with E-state index in [1.165, 1.54) is 7.11 Å². The van der Waals surface area contributed by atoms with Gasteiger partial charge < -0.3 is 4.74 Å². The molecule has 0 radical (unpaired) electrons. The van der Waals surface area contributed by atoms with E-state index in [9.17, 15) is 4.79 Å². The Kier molecular flexibility index (Phi) is 4.56. The van der Waals surface area contributed by atoms with E-state index in [1.54, 1.807) is 0 Å². The molecule has 3 heteroatoms. The van der Waals surface area contributed by atoms with Gasteiger partial charge in [-0.2, -0.15) is 0 Å². The Morgan fingerprint density at radius 2 is 2.13 bits per heavy atom. The number of carbonyl (C=O) groups excluding carboxylic acids is 1. The van der Waals surface area contributed by atoms with Crippen LogP contribution in [0.3, 0.4) is 0 Å². The van der Waals surface area contributed by atoms with Crippen molar-refractivity contribution in [2.24, 2.45) is 0 Å². The molecule has 1 rings (SSSR count). The van der Waals surface area contributed by atoms with E-state index >= 15 is 0 Å². The molecular formula is C12H13BrO2. The summed E-state index contributed by atoms with van der Waals surface area (Å²) in [5.41, 5.74) is 2.80. The Morgan fingerprint density at radius 1 is 1.47 bits per heavy atom. The van der Waals surface area contributed by atoms with Crippen molar-refractivity contribution in [2.45, 2.75) is 6.92 Å². The summed E-state index contributed by atoms with van der Waals surface area (Å²) in [5, 5.41) is 0.494. The smallest absolute Gasteiger partial charge is 0.334 e. The van der Waals surface area contributed by atoms with Crippen LogP contribution in [-0.4, -0.2) is 18.4 Å². The van der Waals surface area contributed by atoms with Gasteiger partial charge in [-0.3, -0.25) is 0 Å². The number of rotatable bonds is 3. The minimum Gasteiger partial charge on any atom is -0.466 e. The molecule has 2 nitrogen and oxygen atoms in total. The Hall–Kier alpha value is -1.09. The number of esters is 1. The van der Waals surface area contributed by atoms with E-state index in [1.807, 2.05) is 37.3 Å². The Balaban J connectivity index is 3.03. The molecule has 0 aliphatic carbocycles. The van der Waals surface area contributed by atoms with Gasteiger partial charge in [0, 0.05) is 10.9 Å². The molecule has 0 heterocycles. The summed E-state index contributed by atoms with van der Waals surface area (Å²) in [6.07, 6.45) is 1.84. The minimum atomic E-state index is -0.296. The van der Waals surface area contributed by atoms with Gasteiger partial charge in [0.15, 0.2) is 0 Å². The van der Waals surface area contributed by atoms with Crippen molar-refractivity contribution in [1.29, 1.82) is 0 Å². The lowest BCUT2D eigenvalue weighted by Gasteiger charge is -2.03. The second-order valence-corrected chi connectivity index (χ2v) is 3.71. The highest BCUT2D eigenvalue weighted by Crippen LogP contribution is 2.14. The van der Waals surface area contributed by atoms with Gasteiger partial charge in [-0.1, -0.05) is 40.2 Å². The molecule has 1 aromatic rings. The van der Waals surface area contributed by atoms with Crippen LogP contribution in [0.15, 0.2) is 29.8 Å². The summed E-state index contributed by atoms with van der Waals surface area (Å²) >= 11 is 3.27. The van der Waals surface area contributed by atoms with Crippen molar-refractivity contribution in [3.63, 3.8) is 0 Å². The first-order chi connectivity index (χ1) is 7.19. The largest absolute Gasteiger partial charge is 0.466 e. The fourth-order valence-electron chi connectivity index (χ4n) is 1.22. The van der Waals surface area contributed by atoms with Gasteiger partial charge in [-0.25, -0.2) is 4.79 Å². The van der Waals surface area contributed by atoms with Crippen LogP contribution in [0.25, 0.3) is 6.08 Å². The molecular weight excluding hydrogens is 256 g/mol. The number of hydrogen-bond donors (Lipinski definition) is 0. The predicted octanol–water partition coefficient (Wildman–Crippen LogP) is 2.95. The zero-order valence-corrected chi connectivity index (χ0v) is 10.4. The van der Waals surface area contributed by atoms with Gasteiger partial charge in [0.1, 0.15) is 0 Å². The summed E-state index contributed by atoms with van der Waals surface area (Å²) in [4.78, 5) is 11.3. The van der Waals surface area contributed by atoms with Gasteiger partial charge in [0.2, 0.25) is 0 Å². The number of aryl methyl sites for hydroxylation is 1. The summed E-state index contributed by atoms with van der Waals surface area (Å²) < 4.78 is 4.68. The topological polar surface area (TPSA) is 26.3 Å². The molecule has 0 aliphatic heterocycles. The zero-order chi connectivity index (χ0) is 11.3. The van der Waals surface area contributed by atoms with Gasteiger partial charge in [-0.15, -0.1) is 0 Å². The fourth-order valence-corrected chi connectivity index (χ4v) is 1.61. The number of ether oxygens (including phenoxy) is 1. The van der Waals surface area contributed by atoms with Crippen LogP contribution >= 0.6 is 15.9 Å². The normalized spacial score (nSPS) is 11.3. The van der Waals surface area contributed by atoms with E-state index in [0.29, 0.717) is 10.9 Å². The highest BCUT2D eigenvalue weighted by atomic mass is 79.9. The quantitative estimate of drug-likeness (QED) is 0.479. The number of hydrogen-bond acceptors (Lipinski definition) is 2. The number of halogens is 1. The van der Waals surface area contributed by atoms with Gasteiger partial charge in [0.05, 0.1) is 7.11 Å². The van der Waals surface area contributed by atoms with Crippen LogP contribution < -0.4 is 0 Å². The second-order valence-electron chi connectivity index (χ2n) is 3.15. The van der Waals surface area contributed by atoms with Gasteiger partial charge in [-0.05, 0) is 24.1 Å². The molecule has 80 valence electrons. The highest BCUT2D eigenvalue weighted by molar-refractivity contribution is 9.09. The molecule has 0 amide bonds. The van der Waals surface area contributed by atoms with Crippen molar-refractivity contribution in [2.75, 3.05) is 12.4 Å². The van der Waals surface area contributed by atoms with Crippen LogP contribution in [0.2, 0.25) is 0 Å². The molecule has 0 saturated heterocycles. The lowest BCUT2D eigenvalue weighted by molar-refractivity contribution is -0.135. The van der Waals surface area contributed by atoms with Crippen molar-refractivity contribution < 1.29 is 9.53 Å². The van der Waals surface area contributed by atoms with E-state index in [2.05, 4.69) is 20.7 Å².